The maximum atomic E-state index is 12.6. The number of nitrogens with one attached hydrogen (secondary N) is 2. The Morgan fingerprint density at radius 3 is 2.42 bits per heavy atom. The number of benzene rings is 2. The number of nitrogens with zero attached hydrogens (tertiary/aromatic N) is 3. The van der Waals surface area contributed by atoms with Crippen molar-refractivity contribution in [2.24, 2.45) is 7.05 Å². The smallest absolute Gasteiger partial charge is 0.313 e. The van der Waals surface area contributed by atoms with Crippen LogP contribution in [0.25, 0.3) is 0 Å². The van der Waals surface area contributed by atoms with Crippen LogP contribution in [-0.4, -0.2) is 52.7 Å². The van der Waals surface area contributed by atoms with Crippen LogP contribution in [0.2, 0.25) is 0 Å². The van der Waals surface area contributed by atoms with Gasteiger partial charge >= 0.3 is 11.8 Å². The molecule has 0 aliphatic heterocycles. The summed E-state index contributed by atoms with van der Waals surface area (Å²) in [6.07, 6.45) is 3.22. The number of hydrogen-bond donors (Lipinski definition) is 2. The maximum Gasteiger partial charge on any atom is 0.313 e. The first-order valence-corrected chi connectivity index (χ1v) is 9.79. The highest BCUT2D eigenvalue weighted by Gasteiger charge is 2.20. The summed E-state index contributed by atoms with van der Waals surface area (Å²) in [5, 5.41) is 5.22. The molecule has 0 saturated heterocycles. The normalized spacial score (nSPS) is 11.7. The van der Waals surface area contributed by atoms with Gasteiger partial charge in [-0.05, 0) is 31.8 Å². The van der Waals surface area contributed by atoms with Crippen LogP contribution in [0.3, 0.4) is 0 Å². The van der Waals surface area contributed by atoms with E-state index >= 15 is 0 Å². The summed E-state index contributed by atoms with van der Waals surface area (Å²) in [6.45, 7) is 0.279. The molecular formula is C23H25N5O3. The molecule has 8 nitrogen and oxygen atoms in total. The van der Waals surface area contributed by atoms with Crippen LogP contribution in [0.15, 0.2) is 67.0 Å². The summed E-state index contributed by atoms with van der Waals surface area (Å²) in [5.74, 6) is -1.53. The fraction of sp³-hybridized carbons (Fsp3) is 0.217. The molecule has 8 heteroatoms. The van der Waals surface area contributed by atoms with Crippen molar-refractivity contribution in [2.45, 2.75) is 6.04 Å². The molecule has 1 atom stereocenters. The van der Waals surface area contributed by atoms with E-state index in [-0.39, 0.29) is 24.2 Å². The molecule has 0 aliphatic rings. The second-order valence-corrected chi connectivity index (χ2v) is 7.33. The van der Waals surface area contributed by atoms with Crippen molar-refractivity contribution in [1.82, 2.24) is 19.8 Å². The number of rotatable bonds is 7. The van der Waals surface area contributed by atoms with Crippen molar-refractivity contribution in [3.05, 3.63) is 83.9 Å². The Labute approximate surface area is 180 Å². The number of carbonyl (C=O) groups excluding carboxylic acids is 3. The summed E-state index contributed by atoms with van der Waals surface area (Å²) in [7, 11) is 5.55. The van der Waals surface area contributed by atoms with Crippen LogP contribution < -0.4 is 10.6 Å². The number of anilines is 1. The van der Waals surface area contributed by atoms with Gasteiger partial charge in [0.1, 0.15) is 0 Å². The molecule has 31 heavy (non-hydrogen) atoms. The number of likely N-dealkylation sites (N-methyl/N-ethyl adjacent to an activating group) is 1. The van der Waals surface area contributed by atoms with Crippen LogP contribution in [0.1, 0.15) is 27.8 Å². The first-order valence-electron chi connectivity index (χ1n) is 9.79. The minimum atomic E-state index is -0.799. The lowest BCUT2D eigenvalue weighted by Crippen LogP contribution is -2.40. The highest BCUT2D eigenvalue weighted by molar-refractivity contribution is 6.39. The van der Waals surface area contributed by atoms with Gasteiger partial charge in [-0.15, -0.1) is 0 Å². The number of aryl methyl sites for hydroxylation is 1. The van der Waals surface area contributed by atoms with E-state index in [1.54, 1.807) is 42.2 Å². The molecule has 3 aromatic rings. The van der Waals surface area contributed by atoms with Crippen molar-refractivity contribution in [1.29, 1.82) is 0 Å². The van der Waals surface area contributed by atoms with Crippen molar-refractivity contribution in [3.8, 4) is 0 Å². The van der Waals surface area contributed by atoms with E-state index in [1.165, 1.54) is 6.07 Å². The highest BCUT2D eigenvalue weighted by atomic mass is 16.2. The Morgan fingerprint density at radius 1 is 1.03 bits per heavy atom. The van der Waals surface area contributed by atoms with Crippen LogP contribution >= 0.6 is 0 Å². The van der Waals surface area contributed by atoms with Crippen molar-refractivity contribution in [2.75, 3.05) is 26.0 Å². The zero-order valence-corrected chi connectivity index (χ0v) is 17.7. The minimum Gasteiger partial charge on any atom is -0.346 e. The Bertz CT molecular complexity index is 1080. The van der Waals surface area contributed by atoms with Gasteiger partial charge in [0.25, 0.3) is 0 Å². The van der Waals surface area contributed by atoms with E-state index in [0.29, 0.717) is 11.3 Å². The van der Waals surface area contributed by atoms with Crippen molar-refractivity contribution in [3.63, 3.8) is 0 Å². The number of imidazole rings is 1. The standard InChI is InChI=1S/C23H25N5O3/c1-27(2)19(16-8-5-4-6-9-16)15-25-22(30)23(31)26-18-11-7-10-17(14-18)20(29)21-24-12-13-28(21)3/h4-14,19H,15H2,1-3H3,(H,25,30)(H,26,31). The topological polar surface area (TPSA) is 96.3 Å². The molecule has 160 valence electrons. The van der Waals surface area contributed by atoms with Crippen LogP contribution in [-0.2, 0) is 16.6 Å². The third kappa shape index (κ3) is 5.43. The SMILES string of the molecule is CN(C)C(CNC(=O)C(=O)Nc1cccc(C(=O)c2nccn2C)c1)c1ccccc1. The molecule has 1 heterocycles. The number of carbonyl (C=O) groups is 3. The van der Waals surface area contributed by atoms with Gasteiger partial charge in [0, 0.05) is 37.2 Å². The minimum absolute atomic E-state index is 0.0725. The number of amides is 2. The van der Waals surface area contributed by atoms with Crippen molar-refractivity contribution >= 4 is 23.3 Å². The average Bonchev–Trinajstić information content (AvgIpc) is 3.19. The summed E-state index contributed by atoms with van der Waals surface area (Å²) in [6, 6.07) is 16.1. The van der Waals surface area contributed by atoms with E-state index in [0.717, 1.165) is 5.56 Å². The fourth-order valence-electron chi connectivity index (χ4n) is 3.18. The summed E-state index contributed by atoms with van der Waals surface area (Å²) >= 11 is 0. The molecule has 0 saturated carbocycles. The fourth-order valence-corrected chi connectivity index (χ4v) is 3.18. The molecule has 0 radical (unpaired) electrons. The lowest BCUT2D eigenvalue weighted by atomic mass is 10.1. The van der Waals surface area contributed by atoms with E-state index < -0.39 is 11.8 Å². The monoisotopic (exact) mass is 419 g/mol. The van der Waals surface area contributed by atoms with Gasteiger partial charge < -0.3 is 20.1 Å². The van der Waals surface area contributed by atoms with Crippen LogP contribution in [0.4, 0.5) is 5.69 Å². The van der Waals surface area contributed by atoms with Crippen LogP contribution in [0, 0.1) is 0 Å². The van der Waals surface area contributed by atoms with Crippen molar-refractivity contribution < 1.29 is 14.4 Å². The van der Waals surface area contributed by atoms with Gasteiger partial charge in [-0.3, -0.25) is 14.4 Å². The molecule has 0 bridgehead atoms. The summed E-state index contributed by atoms with van der Waals surface area (Å²) < 4.78 is 1.62. The van der Waals surface area contributed by atoms with E-state index in [4.69, 9.17) is 0 Å². The Hall–Kier alpha value is -3.78. The van der Waals surface area contributed by atoms with E-state index in [9.17, 15) is 14.4 Å². The lowest BCUT2D eigenvalue weighted by molar-refractivity contribution is -0.136. The molecule has 0 spiro atoms. The second kappa shape index (κ2) is 9.82. The van der Waals surface area contributed by atoms with E-state index in [1.807, 2.05) is 49.3 Å². The zero-order chi connectivity index (χ0) is 22.4. The zero-order valence-electron chi connectivity index (χ0n) is 17.7. The third-order valence-corrected chi connectivity index (χ3v) is 4.88. The summed E-state index contributed by atoms with van der Waals surface area (Å²) in [4.78, 5) is 43.3. The molecule has 2 amide bonds. The quantitative estimate of drug-likeness (QED) is 0.451. The van der Waals surface area contributed by atoms with Gasteiger partial charge in [0.05, 0.1) is 6.04 Å². The number of aromatic nitrogens is 2. The largest absolute Gasteiger partial charge is 0.346 e. The third-order valence-electron chi connectivity index (χ3n) is 4.88. The molecular weight excluding hydrogens is 394 g/mol. The summed E-state index contributed by atoms with van der Waals surface area (Å²) in [5.41, 5.74) is 1.75. The molecule has 3 rings (SSSR count). The first-order chi connectivity index (χ1) is 14.9. The van der Waals surface area contributed by atoms with Gasteiger partial charge in [0.2, 0.25) is 5.78 Å². The first kappa shape index (κ1) is 21.9. The number of ketones is 1. The number of hydrogen-bond acceptors (Lipinski definition) is 5. The second-order valence-electron chi connectivity index (χ2n) is 7.33. The molecule has 2 aromatic carbocycles. The van der Waals surface area contributed by atoms with Gasteiger partial charge in [-0.2, -0.15) is 0 Å². The Kier molecular flexibility index (Phi) is 6.94. The molecule has 0 fully saturated rings. The average molecular weight is 419 g/mol. The molecule has 0 aliphatic carbocycles. The maximum absolute atomic E-state index is 12.6. The van der Waals surface area contributed by atoms with E-state index in [2.05, 4.69) is 15.6 Å². The molecule has 1 aromatic heterocycles. The predicted molar refractivity (Wildman–Crippen MR) is 118 cm³/mol. The Morgan fingerprint density at radius 2 is 1.77 bits per heavy atom. The predicted octanol–water partition coefficient (Wildman–Crippen LogP) is 2.01. The van der Waals surface area contributed by atoms with Gasteiger partial charge in [0.15, 0.2) is 5.82 Å². The van der Waals surface area contributed by atoms with Gasteiger partial charge in [-0.25, -0.2) is 4.98 Å². The molecule has 1 unspecified atom stereocenters. The van der Waals surface area contributed by atoms with Crippen LogP contribution in [0.5, 0.6) is 0 Å². The Balaban J connectivity index is 1.63. The molecule has 2 N–H and O–H groups in total. The highest BCUT2D eigenvalue weighted by Crippen LogP contribution is 2.17. The van der Waals surface area contributed by atoms with Gasteiger partial charge in [-0.1, -0.05) is 42.5 Å². The lowest BCUT2D eigenvalue weighted by Gasteiger charge is -2.25.